The van der Waals surface area contributed by atoms with Crippen molar-refractivity contribution in [2.75, 3.05) is 19.7 Å². The lowest BCUT2D eigenvalue weighted by atomic mass is 10.0. The Morgan fingerprint density at radius 3 is 2.29 bits per heavy atom. The van der Waals surface area contributed by atoms with E-state index in [0.29, 0.717) is 42.3 Å². The molecular weight excluding hydrogens is 416 g/mol. The summed E-state index contributed by atoms with van der Waals surface area (Å²) in [5.74, 6) is 0.357. The standard InChI is InChI=1S/C24H27ClN2O4/c1-17-2-4-18(5-3-17)22(28)10-11-24(30)27-14-12-20(13-15-27)26-23(29)16-31-21-8-6-19(25)7-9-21/h2-9,20H,10-16H2,1H3,(H,26,29). The highest BCUT2D eigenvalue weighted by atomic mass is 35.5. The van der Waals surface area contributed by atoms with Crippen LogP contribution in [0.2, 0.25) is 5.02 Å². The molecule has 1 aliphatic heterocycles. The Kier molecular flexibility index (Phi) is 8.06. The Morgan fingerprint density at radius 2 is 1.65 bits per heavy atom. The summed E-state index contributed by atoms with van der Waals surface area (Å²) in [6, 6.07) is 14.2. The number of aryl methyl sites for hydroxylation is 1. The largest absolute Gasteiger partial charge is 0.484 e. The third-order valence-electron chi connectivity index (χ3n) is 5.34. The van der Waals surface area contributed by atoms with Gasteiger partial charge in [-0.2, -0.15) is 0 Å². The smallest absolute Gasteiger partial charge is 0.258 e. The first-order chi connectivity index (χ1) is 14.9. The molecule has 0 aliphatic carbocycles. The van der Waals surface area contributed by atoms with Gasteiger partial charge in [0.1, 0.15) is 5.75 Å². The number of carbonyl (C=O) groups excluding carboxylic acids is 3. The van der Waals surface area contributed by atoms with E-state index >= 15 is 0 Å². The monoisotopic (exact) mass is 442 g/mol. The highest BCUT2D eigenvalue weighted by Crippen LogP contribution is 2.16. The molecule has 31 heavy (non-hydrogen) atoms. The minimum Gasteiger partial charge on any atom is -0.484 e. The fourth-order valence-electron chi connectivity index (χ4n) is 3.48. The number of ether oxygens (including phenoxy) is 1. The highest BCUT2D eigenvalue weighted by molar-refractivity contribution is 6.30. The van der Waals surface area contributed by atoms with Gasteiger partial charge in [-0.15, -0.1) is 0 Å². The number of hydrogen-bond acceptors (Lipinski definition) is 4. The summed E-state index contributed by atoms with van der Waals surface area (Å²) in [7, 11) is 0. The maximum absolute atomic E-state index is 12.5. The molecule has 1 N–H and O–H groups in total. The zero-order chi connectivity index (χ0) is 22.2. The summed E-state index contributed by atoms with van der Waals surface area (Å²) in [4.78, 5) is 38.6. The van der Waals surface area contributed by atoms with E-state index < -0.39 is 0 Å². The normalized spacial score (nSPS) is 14.2. The Hall–Kier alpha value is -2.86. The summed E-state index contributed by atoms with van der Waals surface area (Å²) >= 11 is 5.83. The highest BCUT2D eigenvalue weighted by Gasteiger charge is 2.24. The van der Waals surface area contributed by atoms with Crippen molar-refractivity contribution in [3.8, 4) is 5.75 Å². The molecule has 3 rings (SSSR count). The number of hydrogen-bond donors (Lipinski definition) is 1. The van der Waals surface area contributed by atoms with Crippen LogP contribution in [0, 0.1) is 6.92 Å². The van der Waals surface area contributed by atoms with Crippen molar-refractivity contribution >= 4 is 29.2 Å². The SMILES string of the molecule is Cc1ccc(C(=O)CCC(=O)N2CCC(NC(=O)COc3ccc(Cl)cc3)CC2)cc1. The second-order valence-electron chi connectivity index (χ2n) is 7.75. The van der Waals surface area contributed by atoms with Crippen LogP contribution in [-0.4, -0.2) is 48.2 Å². The number of halogens is 1. The number of nitrogens with zero attached hydrogens (tertiary/aromatic N) is 1. The molecule has 1 heterocycles. The first-order valence-corrected chi connectivity index (χ1v) is 10.8. The van der Waals surface area contributed by atoms with Crippen LogP contribution >= 0.6 is 11.6 Å². The number of rotatable bonds is 8. The molecule has 2 aromatic carbocycles. The van der Waals surface area contributed by atoms with Crippen LogP contribution in [-0.2, 0) is 9.59 Å². The van der Waals surface area contributed by atoms with Crippen molar-refractivity contribution in [3.05, 3.63) is 64.7 Å². The molecule has 164 valence electrons. The van der Waals surface area contributed by atoms with Gasteiger partial charge in [0.15, 0.2) is 12.4 Å². The number of carbonyl (C=O) groups is 3. The van der Waals surface area contributed by atoms with Gasteiger partial charge in [0, 0.05) is 42.6 Å². The molecule has 1 fully saturated rings. The molecule has 0 atom stereocenters. The van der Waals surface area contributed by atoms with Gasteiger partial charge in [-0.1, -0.05) is 41.4 Å². The predicted octanol–water partition coefficient (Wildman–Crippen LogP) is 3.80. The number of benzene rings is 2. The molecule has 0 saturated carbocycles. The van der Waals surface area contributed by atoms with E-state index in [2.05, 4.69) is 5.32 Å². The molecule has 2 amide bonds. The lowest BCUT2D eigenvalue weighted by Gasteiger charge is -2.32. The molecule has 7 heteroatoms. The van der Waals surface area contributed by atoms with Gasteiger partial charge >= 0.3 is 0 Å². The lowest BCUT2D eigenvalue weighted by molar-refractivity contribution is -0.132. The van der Waals surface area contributed by atoms with Crippen LogP contribution < -0.4 is 10.1 Å². The van der Waals surface area contributed by atoms with Crippen molar-refractivity contribution < 1.29 is 19.1 Å². The first kappa shape index (κ1) is 22.8. The zero-order valence-corrected chi connectivity index (χ0v) is 18.4. The number of likely N-dealkylation sites (tertiary alicyclic amines) is 1. The van der Waals surface area contributed by atoms with E-state index in [0.717, 1.165) is 5.56 Å². The van der Waals surface area contributed by atoms with Gasteiger partial charge in [0.2, 0.25) is 5.91 Å². The zero-order valence-electron chi connectivity index (χ0n) is 17.6. The predicted molar refractivity (Wildman–Crippen MR) is 119 cm³/mol. The third-order valence-corrected chi connectivity index (χ3v) is 5.59. The minimum atomic E-state index is -0.191. The van der Waals surface area contributed by atoms with Crippen LogP contribution in [0.15, 0.2) is 48.5 Å². The molecule has 0 aromatic heterocycles. The van der Waals surface area contributed by atoms with Gasteiger partial charge in [-0.25, -0.2) is 0 Å². The first-order valence-electron chi connectivity index (χ1n) is 10.5. The third kappa shape index (κ3) is 7.10. The summed E-state index contributed by atoms with van der Waals surface area (Å²) < 4.78 is 5.45. The number of amides is 2. The molecule has 1 saturated heterocycles. The van der Waals surface area contributed by atoms with Crippen LogP contribution in [0.3, 0.4) is 0 Å². The fraction of sp³-hybridized carbons (Fsp3) is 0.375. The summed E-state index contributed by atoms with van der Waals surface area (Å²) in [5.41, 5.74) is 1.74. The molecule has 0 unspecified atom stereocenters. The number of ketones is 1. The molecule has 0 spiro atoms. The van der Waals surface area contributed by atoms with Crippen LogP contribution in [0.5, 0.6) is 5.75 Å². The van der Waals surface area contributed by atoms with Crippen molar-refractivity contribution in [2.24, 2.45) is 0 Å². The second kappa shape index (κ2) is 11.0. The molecule has 0 radical (unpaired) electrons. The van der Waals surface area contributed by atoms with Crippen LogP contribution in [0.1, 0.15) is 41.6 Å². The van der Waals surface area contributed by atoms with Crippen molar-refractivity contribution in [1.82, 2.24) is 10.2 Å². The summed E-state index contributed by atoms with van der Waals surface area (Å²) in [5, 5.41) is 3.56. The van der Waals surface area contributed by atoms with Crippen LogP contribution in [0.4, 0.5) is 0 Å². The molecule has 2 aromatic rings. The van der Waals surface area contributed by atoms with Crippen molar-refractivity contribution in [2.45, 2.75) is 38.6 Å². The van der Waals surface area contributed by atoms with E-state index in [-0.39, 0.29) is 43.1 Å². The van der Waals surface area contributed by atoms with E-state index in [1.807, 2.05) is 19.1 Å². The van der Waals surface area contributed by atoms with E-state index in [9.17, 15) is 14.4 Å². The Bertz CT molecular complexity index is 904. The van der Waals surface area contributed by atoms with Gasteiger partial charge in [-0.05, 0) is 44.0 Å². The Balaban J connectivity index is 1.35. The van der Waals surface area contributed by atoms with Gasteiger partial charge in [0.25, 0.3) is 5.91 Å². The van der Waals surface area contributed by atoms with Gasteiger partial charge in [0.05, 0.1) is 0 Å². The molecule has 6 nitrogen and oxygen atoms in total. The second-order valence-corrected chi connectivity index (χ2v) is 8.19. The molecule has 1 aliphatic rings. The number of piperidine rings is 1. The van der Waals surface area contributed by atoms with Crippen molar-refractivity contribution in [1.29, 1.82) is 0 Å². The quantitative estimate of drug-likeness (QED) is 0.631. The van der Waals surface area contributed by atoms with E-state index in [1.165, 1.54) is 0 Å². The maximum Gasteiger partial charge on any atom is 0.258 e. The van der Waals surface area contributed by atoms with E-state index in [1.54, 1.807) is 41.3 Å². The molecule has 0 bridgehead atoms. The minimum absolute atomic E-state index is 0.0135. The topological polar surface area (TPSA) is 75.7 Å². The van der Waals surface area contributed by atoms with Gasteiger partial charge < -0.3 is 15.0 Å². The average Bonchev–Trinajstić information content (AvgIpc) is 2.78. The number of Topliss-reactive ketones (excluding diaryl/α,β-unsaturated/α-hetero) is 1. The Labute approximate surface area is 187 Å². The summed E-state index contributed by atoms with van der Waals surface area (Å²) in [6.07, 6.45) is 1.79. The van der Waals surface area contributed by atoms with Crippen molar-refractivity contribution in [3.63, 3.8) is 0 Å². The lowest BCUT2D eigenvalue weighted by Crippen LogP contribution is -2.47. The Morgan fingerprint density at radius 1 is 1.00 bits per heavy atom. The van der Waals surface area contributed by atoms with E-state index in [4.69, 9.17) is 16.3 Å². The maximum atomic E-state index is 12.5. The molecular formula is C24H27ClN2O4. The summed E-state index contributed by atoms with van der Waals surface area (Å²) in [6.45, 7) is 3.04. The van der Waals surface area contributed by atoms with Crippen LogP contribution in [0.25, 0.3) is 0 Å². The fourth-order valence-corrected chi connectivity index (χ4v) is 3.61. The number of nitrogens with one attached hydrogen (secondary N) is 1. The average molecular weight is 443 g/mol. The van der Waals surface area contributed by atoms with Gasteiger partial charge in [-0.3, -0.25) is 14.4 Å².